The summed E-state index contributed by atoms with van der Waals surface area (Å²) < 4.78 is 4.64. The number of nitrogens with zero attached hydrogens (tertiary/aromatic N) is 1. The van der Waals surface area contributed by atoms with Crippen molar-refractivity contribution in [1.29, 1.82) is 0 Å². The number of rotatable bonds is 2. The van der Waals surface area contributed by atoms with Gasteiger partial charge in [-0.25, -0.2) is 9.78 Å². The number of methoxy groups -OCH3 is 1. The Hall–Kier alpha value is -1.39. The van der Waals surface area contributed by atoms with Crippen LogP contribution in [0.5, 0.6) is 0 Å². The number of esters is 1. The molecular weight excluding hydrogens is 258 g/mol. The van der Waals surface area contributed by atoms with Gasteiger partial charge in [-0.15, -0.1) is 11.3 Å². The van der Waals surface area contributed by atoms with Crippen molar-refractivity contribution in [3.63, 3.8) is 0 Å². The van der Waals surface area contributed by atoms with E-state index in [2.05, 4.69) is 9.72 Å². The maximum absolute atomic E-state index is 11.4. The van der Waals surface area contributed by atoms with Gasteiger partial charge in [0.2, 0.25) is 0 Å². The van der Waals surface area contributed by atoms with Crippen LogP contribution in [-0.2, 0) is 4.74 Å². The molecule has 0 bridgehead atoms. The molecule has 0 aliphatic heterocycles. The predicted octanol–water partition coefficient (Wildman–Crippen LogP) is 3.56. The molecule has 0 saturated carbocycles. The second kappa shape index (κ2) is 4.85. The number of thiazole rings is 1. The van der Waals surface area contributed by atoms with Crippen LogP contribution in [0.25, 0.3) is 10.6 Å². The number of aryl methyl sites for hydroxylation is 1. The van der Waals surface area contributed by atoms with Gasteiger partial charge in [0, 0.05) is 5.56 Å². The van der Waals surface area contributed by atoms with Crippen LogP contribution in [-0.4, -0.2) is 18.1 Å². The number of carbonyl (C=O) groups excluding carboxylic acids is 1. The number of carbonyl (C=O) groups is 1. The molecule has 1 aromatic heterocycles. The normalized spacial score (nSPS) is 10.3. The Morgan fingerprint density at radius 3 is 2.76 bits per heavy atom. The lowest BCUT2D eigenvalue weighted by Gasteiger charge is -1.99. The molecule has 2 aromatic rings. The molecule has 0 aliphatic carbocycles. The highest BCUT2D eigenvalue weighted by Crippen LogP contribution is 2.32. The van der Waals surface area contributed by atoms with E-state index in [-0.39, 0.29) is 5.15 Å². The molecule has 1 aromatic carbocycles. The van der Waals surface area contributed by atoms with Gasteiger partial charge in [0.15, 0.2) is 10.0 Å². The van der Waals surface area contributed by atoms with Crippen LogP contribution >= 0.6 is 22.9 Å². The molecule has 17 heavy (non-hydrogen) atoms. The smallest absolute Gasteiger partial charge is 0.351 e. The summed E-state index contributed by atoms with van der Waals surface area (Å²) in [6, 6.07) is 7.82. The molecule has 3 nitrogen and oxygen atoms in total. The van der Waals surface area contributed by atoms with Crippen molar-refractivity contribution >= 4 is 28.9 Å². The first-order chi connectivity index (χ1) is 8.13. The van der Waals surface area contributed by atoms with Gasteiger partial charge in [-0.2, -0.15) is 0 Å². The van der Waals surface area contributed by atoms with E-state index >= 15 is 0 Å². The summed E-state index contributed by atoms with van der Waals surface area (Å²) in [6.07, 6.45) is 0. The average molecular weight is 268 g/mol. The molecule has 0 radical (unpaired) electrons. The maximum atomic E-state index is 11.4. The Kier molecular flexibility index (Phi) is 3.45. The lowest BCUT2D eigenvalue weighted by Crippen LogP contribution is -1.98. The summed E-state index contributed by atoms with van der Waals surface area (Å²) in [7, 11) is 1.33. The average Bonchev–Trinajstić information content (AvgIpc) is 2.71. The molecule has 1 heterocycles. The summed E-state index contributed by atoms with van der Waals surface area (Å²) in [5, 5.41) is 0.925. The number of ether oxygens (including phenoxy) is 1. The first-order valence-electron chi connectivity index (χ1n) is 4.94. The molecule has 0 spiro atoms. The first-order valence-corrected chi connectivity index (χ1v) is 6.13. The third-order valence-electron chi connectivity index (χ3n) is 2.33. The zero-order chi connectivity index (χ0) is 12.4. The van der Waals surface area contributed by atoms with Gasteiger partial charge < -0.3 is 4.74 Å². The number of benzene rings is 1. The van der Waals surface area contributed by atoms with Crippen LogP contribution in [0.4, 0.5) is 0 Å². The van der Waals surface area contributed by atoms with Crippen molar-refractivity contribution in [3.8, 4) is 10.6 Å². The number of halogens is 1. The van der Waals surface area contributed by atoms with Gasteiger partial charge in [0.25, 0.3) is 0 Å². The molecule has 0 N–H and O–H groups in total. The van der Waals surface area contributed by atoms with E-state index in [1.165, 1.54) is 18.4 Å². The summed E-state index contributed by atoms with van der Waals surface area (Å²) >= 11 is 7.16. The summed E-state index contributed by atoms with van der Waals surface area (Å²) in [5.74, 6) is -0.452. The maximum Gasteiger partial charge on any atom is 0.351 e. The molecule has 0 unspecified atom stereocenters. The third kappa shape index (κ3) is 2.33. The van der Waals surface area contributed by atoms with E-state index in [1.54, 1.807) is 0 Å². The van der Waals surface area contributed by atoms with Crippen LogP contribution < -0.4 is 0 Å². The molecule has 0 amide bonds. The Balaban J connectivity index is 2.49. The molecule has 88 valence electrons. The Bertz CT molecular complexity index is 565. The second-order valence-corrected chi connectivity index (χ2v) is 4.80. The number of hydrogen-bond donors (Lipinski definition) is 0. The summed E-state index contributed by atoms with van der Waals surface area (Å²) in [5.41, 5.74) is 2.07. The largest absolute Gasteiger partial charge is 0.465 e. The van der Waals surface area contributed by atoms with Crippen molar-refractivity contribution in [2.45, 2.75) is 6.92 Å². The van der Waals surface area contributed by atoms with Gasteiger partial charge in [-0.3, -0.25) is 0 Å². The predicted molar refractivity (Wildman–Crippen MR) is 68.6 cm³/mol. The van der Waals surface area contributed by atoms with Gasteiger partial charge >= 0.3 is 5.97 Å². The van der Waals surface area contributed by atoms with Crippen LogP contribution in [0.15, 0.2) is 24.3 Å². The quantitative estimate of drug-likeness (QED) is 0.781. The van der Waals surface area contributed by atoms with Crippen LogP contribution in [0.3, 0.4) is 0 Å². The minimum Gasteiger partial charge on any atom is -0.465 e. The minimum absolute atomic E-state index is 0.195. The van der Waals surface area contributed by atoms with E-state index in [0.717, 1.165) is 16.1 Å². The molecule has 2 rings (SSSR count). The third-order valence-corrected chi connectivity index (χ3v) is 3.79. The Morgan fingerprint density at radius 2 is 2.12 bits per heavy atom. The molecule has 5 heteroatoms. The highest BCUT2D eigenvalue weighted by molar-refractivity contribution is 7.17. The second-order valence-electron chi connectivity index (χ2n) is 3.45. The monoisotopic (exact) mass is 267 g/mol. The highest BCUT2D eigenvalue weighted by atomic mass is 35.5. The Labute approximate surface area is 108 Å². The van der Waals surface area contributed by atoms with Crippen molar-refractivity contribution in [2.75, 3.05) is 7.11 Å². The van der Waals surface area contributed by atoms with Gasteiger partial charge in [-0.05, 0) is 12.5 Å². The lowest BCUT2D eigenvalue weighted by molar-refractivity contribution is 0.0606. The van der Waals surface area contributed by atoms with E-state index in [4.69, 9.17) is 11.6 Å². The summed E-state index contributed by atoms with van der Waals surface area (Å²) in [4.78, 5) is 16.0. The van der Waals surface area contributed by atoms with E-state index in [9.17, 15) is 4.79 Å². The number of aromatic nitrogens is 1. The first kappa shape index (κ1) is 12.1. The fourth-order valence-electron chi connectivity index (χ4n) is 1.45. The van der Waals surface area contributed by atoms with E-state index < -0.39 is 5.97 Å². The van der Waals surface area contributed by atoms with Crippen molar-refractivity contribution in [1.82, 2.24) is 4.98 Å². The Morgan fingerprint density at radius 1 is 1.41 bits per heavy atom. The fourth-order valence-corrected chi connectivity index (χ4v) is 2.74. The lowest BCUT2D eigenvalue weighted by atomic mass is 10.1. The highest BCUT2D eigenvalue weighted by Gasteiger charge is 2.18. The zero-order valence-electron chi connectivity index (χ0n) is 9.36. The molecule has 0 fully saturated rings. The van der Waals surface area contributed by atoms with Crippen molar-refractivity contribution < 1.29 is 9.53 Å². The van der Waals surface area contributed by atoms with E-state index in [0.29, 0.717) is 4.88 Å². The van der Waals surface area contributed by atoms with Crippen LogP contribution in [0, 0.1) is 6.92 Å². The molecule has 0 aliphatic rings. The van der Waals surface area contributed by atoms with Gasteiger partial charge in [-0.1, -0.05) is 35.9 Å². The molecule has 0 saturated heterocycles. The van der Waals surface area contributed by atoms with Crippen LogP contribution in [0.2, 0.25) is 5.15 Å². The van der Waals surface area contributed by atoms with Gasteiger partial charge in [0.1, 0.15) is 5.01 Å². The minimum atomic E-state index is -0.452. The SMILES string of the molecule is COC(=O)c1sc(-c2ccccc2C)nc1Cl. The van der Waals surface area contributed by atoms with Crippen molar-refractivity contribution in [2.24, 2.45) is 0 Å². The zero-order valence-corrected chi connectivity index (χ0v) is 10.9. The number of hydrogen-bond acceptors (Lipinski definition) is 4. The molecular formula is C12H10ClNO2S. The summed E-state index contributed by atoms with van der Waals surface area (Å²) in [6.45, 7) is 1.99. The van der Waals surface area contributed by atoms with E-state index in [1.807, 2.05) is 31.2 Å². The standard InChI is InChI=1S/C12H10ClNO2S/c1-7-5-3-4-6-8(7)11-14-10(13)9(17-11)12(15)16-2/h3-6H,1-2H3. The van der Waals surface area contributed by atoms with Gasteiger partial charge in [0.05, 0.1) is 7.11 Å². The topological polar surface area (TPSA) is 39.2 Å². The molecule has 0 atom stereocenters. The fraction of sp³-hybridized carbons (Fsp3) is 0.167. The van der Waals surface area contributed by atoms with Crippen molar-refractivity contribution in [3.05, 3.63) is 39.9 Å². The van der Waals surface area contributed by atoms with Crippen LogP contribution in [0.1, 0.15) is 15.2 Å².